The number of aromatic carboxylic acids is 1. The Labute approximate surface area is 113 Å². The van der Waals surface area contributed by atoms with E-state index in [9.17, 15) is 13.2 Å². The summed E-state index contributed by atoms with van der Waals surface area (Å²) < 4.78 is 23.7. The van der Waals surface area contributed by atoms with E-state index in [0.29, 0.717) is 0 Å². The highest BCUT2D eigenvalue weighted by atomic mass is 35.5. The fourth-order valence-electron chi connectivity index (χ4n) is 1.39. The Balaban J connectivity index is 2.73. The molecule has 0 amide bonds. The minimum absolute atomic E-state index is 0.0523. The molecule has 0 aliphatic heterocycles. The number of hydrogen-bond donors (Lipinski definition) is 1. The molecule has 0 aromatic carbocycles. The molecule has 1 N–H and O–H groups in total. The van der Waals surface area contributed by atoms with Crippen LogP contribution in [0.1, 0.15) is 10.5 Å². The summed E-state index contributed by atoms with van der Waals surface area (Å²) in [5.74, 6) is -1.28. The van der Waals surface area contributed by atoms with Crippen molar-refractivity contribution in [3.05, 3.63) is 35.1 Å². The fourth-order valence-corrected chi connectivity index (χ4v) is 2.14. The summed E-state index contributed by atoms with van der Waals surface area (Å²) in [6.07, 6.45) is 2.33. The first-order valence-electron chi connectivity index (χ1n) is 4.95. The van der Waals surface area contributed by atoms with Crippen molar-refractivity contribution in [2.75, 3.05) is 6.26 Å². The van der Waals surface area contributed by atoms with Gasteiger partial charge in [0.1, 0.15) is 0 Å². The molecule has 0 fully saturated rings. The minimum Gasteiger partial charge on any atom is -0.477 e. The summed E-state index contributed by atoms with van der Waals surface area (Å²) in [7, 11) is -3.62. The molecule has 2 aromatic heterocycles. The number of nitrogens with zero attached hydrogens (tertiary/aromatic N) is 3. The van der Waals surface area contributed by atoms with Gasteiger partial charge in [0.15, 0.2) is 26.4 Å². The Bertz CT molecular complexity index is 754. The van der Waals surface area contributed by atoms with Gasteiger partial charge in [0.25, 0.3) is 0 Å². The van der Waals surface area contributed by atoms with Crippen molar-refractivity contribution in [2.24, 2.45) is 0 Å². The Kier molecular flexibility index (Phi) is 3.29. The molecule has 0 atom stereocenters. The van der Waals surface area contributed by atoms with Crippen molar-refractivity contribution < 1.29 is 18.3 Å². The van der Waals surface area contributed by atoms with E-state index in [1.165, 1.54) is 12.3 Å². The maximum atomic E-state index is 11.4. The zero-order valence-electron chi connectivity index (χ0n) is 9.61. The summed E-state index contributed by atoms with van der Waals surface area (Å²) in [6.45, 7) is 0. The first kappa shape index (κ1) is 13.5. The van der Waals surface area contributed by atoms with E-state index in [1.54, 1.807) is 6.07 Å². The molecule has 0 saturated carbocycles. The molecule has 9 heteroatoms. The summed E-state index contributed by atoms with van der Waals surface area (Å²) in [6, 6.07) is 4.02. The fraction of sp³-hybridized carbons (Fsp3) is 0.100. The van der Waals surface area contributed by atoms with E-state index < -0.39 is 15.8 Å². The highest BCUT2D eigenvalue weighted by Gasteiger charge is 2.22. The summed E-state index contributed by atoms with van der Waals surface area (Å²) in [5.41, 5.74) is -0.332. The number of sulfone groups is 1. The molecule has 0 saturated heterocycles. The van der Waals surface area contributed by atoms with Gasteiger partial charge in [-0.2, -0.15) is 5.10 Å². The van der Waals surface area contributed by atoms with Gasteiger partial charge in [-0.1, -0.05) is 11.6 Å². The van der Waals surface area contributed by atoms with E-state index in [1.807, 2.05) is 0 Å². The van der Waals surface area contributed by atoms with Crippen LogP contribution in [-0.2, 0) is 9.84 Å². The quantitative estimate of drug-likeness (QED) is 0.908. The number of carbonyl (C=O) groups is 1. The molecule has 0 radical (unpaired) electrons. The largest absolute Gasteiger partial charge is 0.477 e. The second-order valence-corrected chi connectivity index (χ2v) is 6.04. The van der Waals surface area contributed by atoms with Gasteiger partial charge in [-0.3, -0.25) is 0 Å². The van der Waals surface area contributed by atoms with E-state index in [-0.39, 0.29) is 21.6 Å². The number of carboxylic acids is 1. The van der Waals surface area contributed by atoms with E-state index in [0.717, 1.165) is 17.0 Å². The first-order valence-corrected chi connectivity index (χ1v) is 7.22. The predicted octanol–water partition coefficient (Wildman–Crippen LogP) is 1.02. The summed E-state index contributed by atoms with van der Waals surface area (Å²) in [4.78, 5) is 15.0. The van der Waals surface area contributed by atoms with Crippen molar-refractivity contribution in [1.29, 1.82) is 0 Å². The highest BCUT2D eigenvalue weighted by molar-refractivity contribution is 7.90. The van der Waals surface area contributed by atoms with Gasteiger partial charge in [0.2, 0.25) is 0 Å². The monoisotopic (exact) mass is 301 g/mol. The number of rotatable bonds is 3. The van der Waals surface area contributed by atoms with Gasteiger partial charge in [-0.25, -0.2) is 22.9 Å². The summed E-state index contributed by atoms with van der Waals surface area (Å²) in [5, 5.41) is 12.6. The van der Waals surface area contributed by atoms with Crippen LogP contribution in [0.5, 0.6) is 0 Å². The molecule has 2 heterocycles. The van der Waals surface area contributed by atoms with Crippen LogP contribution < -0.4 is 0 Å². The average Bonchev–Trinajstić information content (AvgIpc) is 2.74. The zero-order valence-corrected chi connectivity index (χ0v) is 11.2. The topological polar surface area (TPSA) is 102 Å². The molecule has 0 aliphatic carbocycles. The number of hydrogen-bond acceptors (Lipinski definition) is 5. The molecule has 0 spiro atoms. The average molecular weight is 302 g/mol. The maximum Gasteiger partial charge on any atom is 0.354 e. The van der Waals surface area contributed by atoms with Crippen LogP contribution in [0, 0.1) is 0 Å². The van der Waals surface area contributed by atoms with Crippen LogP contribution in [0.2, 0.25) is 5.02 Å². The SMILES string of the molecule is CS(=O)(=O)c1cc(C(=O)O)n(-c2ncccc2Cl)n1. The van der Waals surface area contributed by atoms with E-state index in [4.69, 9.17) is 16.7 Å². The number of aromatic nitrogens is 3. The van der Waals surface area contributed by atoms with E-state index in [2.05, 4.69) is 10.1 Å². The van der Waals surface area contributed by atoms with Crippen molar-refractivity contribution in [1.82, 2.24) is 14.8 Å². The van der Waals surface area contributed by atoms with Gasteiger partial charge in [-0.05, 0) is 12.1 Å². The van der Waals surface area contributed by atoms with Crippen LogP contribution in [0.4, 0.5) is 0 Å². The molecule has 7 nitrogen and oxygen atoms in total. The molecular formula is C10H8ClN3O4S. The van der Waals surface area contributed by atoms with Crippen molar-refractivity contribution in [2.45, 2.75) is 5.03 Å². The van der Waals surface area contributed by atoms with Crippen LogP contribution in [0.3, 0.4) is 0 Å². The van der Waals surface area contributed by atoms with Crippen LogP contribution >= 0.6 is 11.6 Å². The second kappa shape index (κ2) is 4.63. The number of pyridine rings is 1. The normalized spacial score (nSPS) is 11.5. The number of halogens is 1. The van der Waals surface area contributed by atoms with Crippen LogP contribution in [0.15, 0.2) is 29.4 Å². The smallest absolute Gasteiger partial charge is 0.354 e. The molecule has 0 unspecified atom stereocenters. The van der Waals surface area contributed by atoms with Crippen molar-refractivity contribution >= 4 is 27.4 Å². The van der Waals surface area contributed by atoms with E-state index >= 15 is 0 Å². The highest BCUT2D eigenvalue weighted by Crippen LogP contribution is 2.20. The standard InChI is InChI=1S/C10H8ClN3O4S/c1-19(17,18)8-5-7(10(15)16)14(13-8)9-6(11)3-2-4-12-9/h2-5H,1H3,(H,15,16). The molecule has 2 rings (SSSR count). The Morgan fingerprint density at radius 1 is 1.47 bits per heavy atom. The molecule has 0 bridgehead atoms. The Hall–Kier alpha value is -1.93. The molecule has 2 aromatic rings. The molecule has 100 valence electrons. The zero-order chi connectivity index (χ0) is 14.2. The van der Waals surface area contributed by atoms with Gasteiger partial charge in [0.05, 0.1) is 5.02 Å². The van der Waals surface area contributed by atoms with Gasteiger partial charge in [-0.15, -0.1) is 0 Å². The maximum absolute atomic E-state index is 11.4. The number of carboxylic acid groups (broad SMARTS) is 1. The third-order valence-corrected chi connectivity index (χ3v) is 3.48. The van der Waals surface area contributed by atoms with Gasteiger partial charge < -0.3 is 5.11 Å². The Morgan fingerprint density at radius 3 is 2.68 bits per heavy atom. The molecule has 19 heavy (non-hydrogen) atoms. The second-order valence-electron chi connectivity index (χ2n) is 3.67. The lowest BCUT2D eigenvalue weighted by molar-refractivity contribution is 0.0687. The lowest BCUT2D eigenvalue weighted by Gasteiger charge is -2.04. The minimum atomic E-state index is -3.62. The molecular weight excluding hydrogens is 294 g/mol. The van der Waals surface area contributed by atoms with Gasteiger partial charge >= 0.3 is 5.97 Å². The third-order valence-electron chi connectivity index (χ3n) is 2.23. The third kappa shape index (κ3) is 2.59. The predicted molar refractivity (Wildman–Crippen MR) is 66.4 cm³/mol. The van der Waals surface area contributed by atoms with Crippen LogP contribution in [-0.4, -0.2) is 40.5 Å². The van der Waals surface area contributed by atoms with Crippen molar-refractivity contribution in [3.63, 3.8) is 0 Å². The lowest BCUT2D eigenvalue weighted by Crippen LogP contribution is -2.10. The first-order chi connectivity index (χ1) is 8.80. The molecule has 0 aliphatic rings. The van der Waals surface area contributed by atoms with Crippen LogP contribution in [0.25, 0.3) is 5.82 Å². The Morgan fingerprint density at radius 2 is 2.16 bits per heavy atom. The van der Waals surface area contributed by atoms with Gasteiger partial charge in [0, 0.05) is 18.5 Å². The lowest BCUT2D eigenvalue weighted by atomic mass is 10.4. The summed E-state index contributed by atoms with van der Waals surface area (Å²) >= 11 is 5.89. The van der Waals surface area contributed by atoms with Crippen molar-refractivity contribution in [3.8, 4) is 5.82 Å².